The van der Waals surface area contributed by atoms with E-state index in [0.29, 0.717) is 5.71 Å². The van der Waals surface area contributed by atoms with Gasteiger partial charge in [-0.25, -0.2) is 0 Å². The first-order valence-corrected chi connectivity index (χ1v) is 2.49. The number of hydrogen-bond acceptors (Lipinski definition) is 1. The van der Waals surface area contributed by atoms with E-state index >= 15 is 0 Å². The maximum absolute atomic E-state index is 6.91. The molecular weight excluding hydrogens is 86.1 g/mol. The zero-order valence-electron chi connectivity index (χ0n) is 4.86. The predicted octanol–water partition coefficient (Wildman–Crippen LogP) is 1.99. The Bertz CT molecular complexity index is 82.2. The van der Waals surface area contributed by atoms with Gasteiger partial charge in [-0.3, -0.25) is 0 Å². The first-order valence-electron chi connectivity index (χ1n) is 2.49. The Morgan fingerprint density at radius 1 is 1.71 bits per heavy atom. The van der Waals surface area contributed by atoms with Gasteiger partial charge in [-0.1, -0.05) is 13.0 Å². The van der Waals surface area contributed by atoms with Crippen LogP contribution in [0.15, 0.2) is 12.2 Å². The highest BCUT2D eigenvalue weighted by Crippen LogP contribution is 1.79. The summed E-state index contributed by atoms with van der Waals surface area (Å²) < 4.78 is 0. The third kappa shape index (κ3) is 5.41. The average Bonchev–Trinajstić information content (AvgIpc) is 1.61. The van der Waals surface area contributed by atoms with Gasteiger partial charge >= 0.3 is 0 Å². The van der Waals surface area contributed by atoms with Gasteiger partial charge in [0.05, 0.1) is 0 Å². The van der Waals surface area contributed by atoms with Crippen molar-refractivity contribution in [3.8, 4) is 0 Å². The maximum Gasteiger partial charge on any atom is 0.0279 e. The molecule has 0 amide bonds. The molecule has 0 aromatic carbocycles. The third-order valence-electron chi connectivity index (χ3n) is 0.604. The highest BCUT2D eigenvalue weighted by atomic mass is 14.4. The fraction of sp³-hybridized carbons (Fsp3) is 0.500. The fourth-order valence-corrected chi connectivity index (χ4v) is 0.295. The minimum Gasteiger partial charge on any atom is -0.306 e. The Hall–Kier alpha value is -0.590. The molecule has 0 aliphatic carbocycles. The molecule has 0 atom stereocenters. The molecule has 1 N–H and O–H groups in total. The number of nitrogens with one attached hydrogen (secondary N) is 1. The van der Waals surface area contributed by atoms with Gasteiger partial charge < -0.3 is 5.41 Å². The van der Waals surface area contributed by atoms with Crippen molar-refractivity contribution in [1.82, 2.24) is 0 Å². The zero-order chi connectivity index (χ0) is 5.70. The molecule has 0 heterocycles. The number of allylic oxidation sites excluding steroid dienone is 2. The molecule has 0 spiro atoms. The van der Waals surface area contributed by atoms with Crippen molar-refractivity contribution < 1.29 is 0 Å². The van der Waals surface area contributed by atoms with E-state index in [1.165, 1.54) is 0 Å². The molecule has 0 aliphatic rings. The van der Waals surface area contributed by atoms with E-state index < -0.39 is 0 Å². The minimum atomic E-state index is 0.627. The summed E-state index contributed by atoms with van der Waals surface area (Å²) in [7, 11) is 0. The Kier molecular flexibility index (Phi) is 3.29. The van der Waals surface area contributed by atoms with E-state index in [0.717, 1.165) is 6.42 Å². The van der Waals surface area contributed by atoms with Gasteiger partial charge in [0, 0.05) is 5.71 Å². The summed E-state index contributed by atoms with van der Waals surface area (Å²) in [6.07, 6.45) is 4.80. The molecule has 0 aromatic heterocycles. The molecule has 0 aliphatic heterocycles. The van der Waals surface area contributed by atoms with Gasteiger partial charge in [-0.15, -0.1) is 0 Å². The van der Waals surface area contributed by atoms with Crippen LogP contribution in [0.5, 0.6) is 0 Å². The molecule has 0 saturated carbocycles. The van der Waals surface area contributed by atoms with Gasteiger partial charge in [0.1, 0.15) is 0 Å². The molecule has 40 valence electrons. The van der Waals surface area contributed by atoms with Crippen LogP contribution in [-0.2, 0) is 0 Å². The van der Waals surface area contributed by atoms with Crippen molar-refractivity contribution in [2.75, 3.05) is 0 Å². The molecule has 0 aromatic rings. The largest absolute Gasteiger partial charge is 0.306 e. The van der Waals surface area contributed by atoms with E-state index in [1.807, 2.05) is 6.08 Å². The first-order chi connectivity index (χ1) is 3.27. The lowest BCUT2D eigenvalue weighted by Crippen LogP contribution is -1.75. The van der Waals surface area contributed by atoms with E-state index in [4.69, 9.17) is 5.41 Å². The van der Waals surface area contributed by atoms with Crippen molar-refractivity contribution in [3.05, 3.63) is 12.2 Å². The Balaban J connectivity index is 3.26. The minimum absolute atomic E-state index is 0.627. The highest BCUT2D eigenvalue weighted by molar-refractivity contribution is 5.89. The lowest BCUT2D eigenvalue weighted by atomic mass is 10.3. The van der Waals surface area contributed by atoms with Crippen molar-refractivity contribution in [2.24, 2.45) is 0 Å². The molecule has 7 heavy (non-hydrogen) atoms. The molecule has 1 nitrogen and oxygen atoms in total. The fourth-order valence-electron chi connectivity index (χ4n) is 0.295. The van der Waals surface area contributed by atoms with Gasteiger partial charge in [0.2, 0.25) is 0 Å². The predicted molar refractivity (Wildman–Crippen MR) is 32.8 cm³/mol. The average molecular weight is 97.2 g/mol. The van der Waals surface area contributed by atoms with Gasteiger partial charge in [-0.05, 0) is 19.4 Å². The topological polar surface area (TPSA) is 23.9 Å². The van der Waals surface area contributed by atoms with Gasteiger partial charge in [-0.2, -0.15) is 0 Å². The SMILES string of the molecule is CCC=CC(C)=N. The van der Waals surface area contributed by atoms with E-state index in [1.54, 1.807) is 13.0 Å². The standard InChI is InChI=1S/C6H11N/c1-3-4-5-6(2)7/h4-5,7H,3H2,1-2H3. The first kappa shape index (κ1) is 6.41. The summed E-state index contributed by atoms with van der Waals surface area (Å²) in [4.78, 5) is 0. The molecule has 0 unspecified atom stereocenters. The second-order valence-corrected chi connectivity index (χ2v) is 1.49. The summed E-state index contributed by atoms with van der Waals surface area (Å²) in [5, 5.41) is 6.91. The van der Waals surface area contributed by atoms with E-state index in [-0.39, 0.29) is 0 Å². The Morgan fingerprint density at radius 3 is 2.43 bits per heavy atom. The molecule has 0 rings (SSSR count). The summed E-state index contributed by atoms with van der Waals surface area (Å²) >= 11 is 0. The van der Waals surface area contributed by atoms with Crippen LogP contribution in [0.25, 0.3) is 0 Å². The summed E-state index contributed by atoms with van der Waals surface area (Å²) in [5.74, 6) is 0. The van der Waals surface area contributed by atoms with Crippen LogP contribution in [0.4, 0.5) is 0 Å². The van der Waals surface area contributed by atoms with Crippen LogP contribution in [-0.4, -0.2) is 5.71 Å². The summed E-state index contributed by atoms with van der Waals surface area (Å²) in [6, 6.07) is 0. The number of hydrogen-bond donors (Lipinski definition) is 1. The monoisotopic (exact) mass is 97.1 g/mol. The summed E-state index contributed by atoms with van der Waals surface area (Å²) in [5.41, 5.74) is 0.627. The molecule has 0 saturated heterocycles. The van der Waals surface area contributed by atoms with Crippen molar-refractivity contribution in [2.45, 2.75) is 20.3 Å². The lowest BCUT2D eigenvalue weighted by molar-refractivity contribution is 1.22. The van der Waals surface area contributed by atoms with Crippen molar-refractivity contribution in [1.29, 1.82) is 5.41 Å². The van der Waals surface area contributed by atoms with Crippen LogP contribution in [0.1, 0.15) is 20.3 Å². The van der Waals surface area contributed by atoms with Crippen LogP contribution < -0.4 is 0 Å². The third-order valence-corrected chi connectivity index (χ3v) is 0.604. The molecule has 1 heteroatoms. The second-order valence-electron chi connectivity index (χ2n) is 1.49. The quantitative estimate of drug-likeness (QED) is 0.509. The van der Waals surface area contributed by atoms with E-state index in [9.17, 15) is 0 Å². The zero-order valence-corrected chi connectivity index (χ0v) is 4.86. The van der Waals surface area contributed by atoms with Crippen LogP contribution in [0.3, 0.4) is 0 Å². The molecule has 0 fully saturated rings. The molecule has 0 bridgehead atoms. The molecular formula is C6H11N. The number of rotatable bonds is 2. The van der Waals surface area contributed by atoms with Crippen LogP contribution in [0, 0.1) is 5.41 Å². The van der Waals surface area contributed by atoms with Gasteiger partial charge in [0.15, 0.2) is 0 Å². The smallest absolute Gasteiger partial charge is 0.0279 e. The Morgan fingerprint density at radius 2 is 2.29 bits per heavy atom. The maximum atomic E-state index is 6.91. The van der Waals surface area contributed by atoms with Gasteiger partial charge in [0.25, 0.3) is 0 Å². The highest BCUT2D eigenvalue weighted by Gasteiger charge is 1.70. The van der Waals surface area contributed by atoms with Crippen molar-refractivity contribution >= 4 is 5.71 Å². The lowest BCUT2D eigenvalue weighted by Gasteiger charge is -1.77. The second kappa shape index (κ2) is 3.59. The summed E-state index contributed by atoms with van der Waals surface area (Å²) in [6.45, 7) is 3.82. The Labute approximate surface area is 44.6 Å². The molecule has 0 radical (unpaired) electrons. The van der Waals surface area contributed by atoms with Crippen LogP contribution in [0.2, 0.25) is 0 Å². The van der Waals surface area contributed by atoms with Crippen LogP contribution >= 0.6 is 0 Å². The van der Waals surface area contributed by atoms with E-state index in [2.05, 4.69) is 6.92 Å². The van der Waals surface area contributed by atoms with Crippen molar-refractivity contribution in [3.63, 3.8) is 0 Å². The normalized spacial score (nSPS) is 10.0.